The lowest BCUT2D eigenvalue weighted by atomic mass is 10.1. The fourth-order valence-electron chi connectivity index (χ4n) is 2.49. The molecule has 1 fully saturated rings. The van der Waals surface area contributed by atoms with Gasteiger partial charge in [-0.15, -0.1) is 0 Å². The maximum absolute atomic E-state index is 11.7. The predicted molar refractivity (Wildman–Crippen MR) is 87.8 cm³/mol. The lowest BCUT2D eigenvalue weighted by Gasteiger charge is -2.30. The van der Waals surface area contributed by atoms with Crippen molar-refractivity contribution < 1.29 is 19.0 Å². The van der Waals surface area contributed by atoms with Crippen LogP contribution in [0.15, 0.2) is 0 Å². The van der Waals surface area contributed by atoms with E-state index in [4.69, 9.17) is 14.2 Å². The van der Waals surface area contributed by atoms with Crippen molar-refractivity contribution in [3.05, 3.63) is 0 Å². The molecule has 2 unspecified atom stereocenters. The second-order valence-electron chi connectivity index (χ2n) is 7.19. The van der Waals surface area contributed by atoms with E-state index in [1.54, 1.807) is 0 Å². The smallest absolute Gasteiger partial charge is 0.158 e. The van der Waals surface area contributed by atoms with E-state index in [2.05, 4.69) is 27.7 Å². The van der Waals surface area contributed by atoms with Crippen LogP contribution in [-0.2, 0) is 19.0 Å². The molecule has 2 atom stereocenters. The monoisotopic (exact) mass is 314 g/mol. The summed E-state index contributed by atoms with van der Waals surface area (Å²) in [5.74, 6) is 1.37. The molecule has 0 aromatic carbocycles. The third-order valence-electron chi connectivity index (χ3n) is 3.73. The number of Topliss-reactive ketones (excluding diaryl/α,β-unsaturated/α-hetero) is 1. The van der Waals surface area contributed by atoms with Crippen molar-refractivity contribution in [1.82, 2.24) is 0 Å². The molecule has 130 valence electrons. The number of carbonyl (C=O) groups is 1. The van der Waals surface area contributed by atoms with Gasteiger partial charge in [0.25, 0.3) is 0 Å². The van der Waals surface area contributed by atoms with Gasteiger partial charge in [-0.1, -0.05) is 34.1 Å². The van der Waals surface area contributed by atoms with E-state index in [1.165, 1.54) is 0 Å². The SMILES string of the molecule is CC(C)CCCC(=O)COCC1CCCC(OCC(C)C)O1. The molecule has 0 N–H and O–H groups in total. The second kappa shape index (κ2) is 11.1. The molecule has 4 nitrogen and oxygen atoms in total. The first-order chi connectivity index (χ1) is 10.5. The van der Waals surface area contributed by atoms with Crippen LogP contribution >= 0.6 is 0 Å². The number of rotatable bonds is 11. The summed E-state index contributed by atoms with van der Waals surface area (Å²) in [5, 5.41) is 0. The van der Waals surface area contributed by atoms with Crippen LogP contribution in [0.4, 0.5) is 0 Å². The van der Waals surface area contributed by atoms with Crippen LogP contribution in [0.1, 0.15) is 66.2 Å². The minimum absolute atomic E-state index is 0.0642. The molecule has 1 aliphatic rings. The topological polar surface area (TPSA) is 44.8 Å². The Labute approximate surface area is 135 Å². The normalized spacial score (nSPS) is 22.5. The maximum atomic E-state index is 11.7. The highest BCUT2D eigenvalue weighted by Crippen LogP contribution is 2.20. The Hall–Kier alpha value is -0.450. The molecule has 0 aromatic heterocycles. The molecule has 0 bridgehead atoms. The van der Waals surface area contributed by atoms with E-state index in [1.807, 2.05) is 0 Å². The first-order valence-electron chi connectivity index (χ1n) is 8.84. The van der Waals surface area contributed by atoms with Crippen LogP contribution in [0.3, 0.4) is 0 Å². The van der Waals surface area contributed by atoms with Gasteiger partial charge in [-0.2, -0.15) is 0 Å². The number of hydrogen-bond acceptors (Lipinski definition) is 4. The van der Waals surface area contributed by atoms with E-state index >= 15 is 0 Å². The molecule has 22 heavy (non-hydrogen) atoms. The minimum Gasteiger partial charge on any atom is -0.371 e. The fourth-order valence-corrected chi connectivity index (χ4v) is 2.49. The third kappa shape index (κ3) is 9.54. The van der Waals surface area contributed by atoms with Crippen molar-refractivity contribution in [1.29, 1.82) is 0 Å². The molecule has 0 saturated carbocycles. The van der Waals surface area contributed by atoms with Crippen LogP contribution < -0.4 is 0 Å². The van der Waals surface area contributed by atoms with Gasteiger partial charge in [0.1, 0.15) is 6.61 Å². The van der Waals surface area contributed by atoms with Gasteiger partial charge >= 0.3 is 0 Å². The molecule has 0 aliphatic carbocycles. The van der Waals surface area contributed by atoms with Gasteiger partial charge in [0, 0.05) is 6.42 Å². The van der Waals surface area contributed by atoms with Gasteiger partial charge in [-0.05, 0) is 37.5 Å². The Bertz CT molecular complexity index is 301. The highest BCUT2D eigenvalue weighted by molar-refractivity contribution is 5.79. The molecule has 0 amide bonds. The highest BCUT2D eigenvalue weighted by atomic mass is 16.7. The third-order valence-corrected chi connectivity index (χ3v) is 3.73. The summed E-state index contributed by atoms with van der Waals surface area (Å²) < 4.78 is 17.1. The molecule has 0 spiro atoms. The first kappa shape index (κ1) is 19.6. The van der Waals surface area contributed by atoms with E-state index in [0.29, 0.717) is 24.9 Å². The average Bonchev–Trinajstić information content (AvgIpc) is 2.45. The largest absolute Gasteiger partial charge is 0.371 e. The summed E-state index contributed by atoms with van der Waals surface area (Å²) in [6, 6.07) is 0. The van der Waals surface area contributed by atoms with Gasteiger partial charge < -0.3 is 14.2 Å². The Morgan fingerprint density at radius 1 is 1.18 bits per heavy atom. The van der Waals surface area contributed by atoms with E-state index in [-0.39, 0.29) is 24.8 Å². The van der Waals surface area contributed by atoms with E-state index in [0.717, 1.165) is 38.7 Å². The summed E-state index contributed by atoms with van der Waals surface area (Å²) in [6.07, 6.45) is 5.70. The van der Waals surface area contributed by atoms with E-state index in [9.17, 15) is 4.79 Å². The van der Waals surface area contributed by atoms with E-state index < -0.39 is 0 Å². The molecule has 0 radical (unpaired) electrons. The van der Waals surface area contributed by atoms with Crippen molar-refractivity contribution in [2.24, 2.45) is 11.8 Å². The quantitative estimate of drug-likeness (QED) is 0.579. The molecule has 1 rings (SSSR count). The van der Waals surface area contributed by atoms with Gasteiger partial charge in [-0.3, -0.25) is 4.79 Å². The Balaban J connectivity index is 2.09. The highest BCUT2D eigenvalue weighted by Gasteiger charge is 2.23. The van der Waals surface area contributed by atoms with Crippen LogP contribution in [0.2, 0.25) is 0 Å². The number of ether oxygens (including phenoxy) is 3. The maximum Gasteiger partial charge on any atom is 0.158 e. The molecule has 1 saturated heterocycles. The lowest BCUT2D eigenvalue weighted by Crippen LogP contribution is -2.33. The standard InChI is InChI=1S/C18H34O4/c1-14(2)7-5-8-16(19)12-20-13-17-9-6-10-18(22-17)21-11-15(3)4/h14-15,17-18H,5-13H2,1-4H3. The van der Waals surface area contributed by atoms with Crippen LogP contribution in [0.5, 0.6) is 0 Å². The fraction of sp³-hybridized carbons (Fsp3) is 0.944. The van der Waals surface area contributed by atoms with Crippen molar-refractivity contribution >= 4 is 5.78 Å². The Kier molecular flexibility index (Phi) is 9.92. The van der Waals surface area contributed by atoms with Crippen LogP contribution in [0.25, 0.3) is 0 Å². The van der Waals surface area contributed by atoms with Gasteiger partial charge in [0.2, 0.25) is 0 Å². The molecule has 0 aromatic rings. The molecular formula is C18H34O4. The minimum atomic E-state index is -0.105. The van der Waals surface area contributed by atoms with Crippen molar-refractivity contribution in [3.63, 3.8) is 0 Å². The van der Waals surface area contributed by atoms with Crippen LogP contribution in [0, 0.1) is 11.8 Å². The first-order valence-corrected chi connectivity index (χ1v) is 8.84. The van der Waals surface area contributed by atoms with Crippen molar-refractivity contribution in [2.75, 3.05) is 19.8 Å². The summed E-state index contributed by atoms with van der Waals surface area (Å²) in [4.78, 5) is 11.7. The molecule has 4 heteroatoms. The average molecular weight is 314 g/mol. The molecule has 1 heterocycles. The van der Waals surface area contributed by atoms with Gasteiger partial charge in [-0.25, -0.2) is 0 Å². The van der Waals surface area contributed by atoms with Gasteiger partial charge in [0.05, 0.1) is 19.3 Å². The Morgan fingerprint density at radius 3 is 2.64 bits per heavy atom. The predicted octanol–water partition coefficient (Wildman–Crippen LogP) is 3.97. The van der Waals surface area contributed by atoms with Crippen molar-refractivity contribution in [3.8, 4) is 0 Å². The number of carbonyl (C=O) groups excluding carboxylic acids is 1. The second-order valence-corrected chi connectivity index (χ2v) is 7.19. The number of hydrogen-bond donors (Lipinski definition) is 0. The zero-order valence-electron chi connectivity index (χ0n) is 14.8. The zero-order valence-corrected chi connectivity index (χ0v) is 14.8. The molecular weight excluding hydrogens is 280 g/mol. The zero-order chi connectivity index (χ0) is 16.4. The Morgan fingerprint density at radius 2 is 1.95 bits per heavy atom. The summed E-state index contributed by atoms with van der Waals surface area (Å²) in [6.45, 7) is 10.1. The number of ketones is 1. The summed E-state index contributed by atoms with van der Waals surface area (Å²) in [7, 11) is 0. The lowest BCUT2D eigenvalue weighted by molar-refractivity contribution is -0.207. The van der Waals surface area contributed by atoms with Crippen molar-refractivity contribution in [2.45, 2.75) is 78.6 Å². The molecule has 1 aliphatic heterocycles. The van der Waals surface area contributed by atoms with Gasteiger partial charge in [0.15, 0.2) is 12.1 Å². The summed E-state index contributed by atoms with van der Waals surface area (Å²) in [5.41, 5.74) is 0. The van der Waals surface area contributed by atoms with Crippen LogP contribution in [-0.4, -0.2) is 38.0 Å². The summed E-state index contributed by atoms with van der Waals surface area (Å²) >= 11 is 0.